The molecule has 0 aromatic rings. The van der Waals surface area contributed by atoms with Gasteiger partial charge in [-0.15, -0.1) is 0 Å². The van der Waals surface area contributed by atoms with Gasteiger partial charge in [-0.05, 0) is 6.04 Å². The highest BCUT2D eigenvalue weighted by molar-refractivity contribution is 4.51. The highest BCUT2D eigenvalue weighted by Crippen LogP contribution is 2.15. The molecule has 0 atom stereocenters. The predicted molar refractivity (Wildman–Crippen MR) is 42.4 cm³/mol. The lowest BCUT2D eigenvalue weighted by Crippen LogP contribution is -2.06. The van der Waals surface area contributed by atoms with E-state index in [9.17, 15) is 0 Å². The van der Waals surface area contributed by atoms with E-state index in [0.717, 1.165) is 0 Å². The van der Waals surface area contributed by atoms with Gasteiger partial charge in [0, 0.05) is 0 Å². The van der Waals surface area contributed by atoms with Crippen molar-refractivity contribution in [3.8, 4) is 0 Å². The molecule has 0 aliphatic heterocycles. The van der Waals surface area contributed by atoms with Gasteiger partial charge in [0.15, 0.2) is 0 Å². The van der Waals surface area contributed by atoms with Crippen LogP contribution in [0.4, 0.5) is 0 Å². The molecule has 0 aromatic carbocycles. The third-order valence-corrected chi connectivity index (χ3v) is 1.25. The highest BCUT2D eigenvalue weighted by atomic mass is 14.6. The van der Waals surface area contributed by atoms with Gasteiger partial charge in [-0.2, -0.15) is 0 Å². The fraction of sp³-hybridized carbons (Fsp3) is 1.00. The van der Waals surface area contributed by atoms with Crippen molar-refractivity contribution >= 4 is 0 Å². The SMILES string of the molecule is C1CCCC1.CC(C)N. The minimum Gasteiger partial charge on any atom is -0.328 e. The zero-order chi connectivity index (χ0) is 7.11. The number of hydrogen-bond donors (Lipinski definition) is 1. The molecule has 1 aliphatic carbocycles. The molecule has 1 fully saturated rings. The van der Waals surface area contributed by atoms with Gasteiger partial charge >= 0.3 is 0 Å². The summed E-state index contributed by atoms with van der Waals surface area (Å²) >= 11 is 0. The molecule has 1 nitrogen and oxygen atoms in total. The monoisotopic (exact) mass is 129 g/mol. The van der Waals surface area contributed by atoms with Crippen molar-refractivity contribution in [3.63, 3.8) is 0 Å². The second-order valence-corrected chi connectivity index (χ2v) is 3.01. The standard InChI is InChI=1S/C5H10.C3H9N/c1-2-4-5-3-1;1-3(2)4/h1-5H2;3H,4H2,1-2H3. The molecule has 56 valence electrons. The fourth-order valence-electron chi connectivity index (χ4n) is 0.884. The van der Waals surface area contributed by atoms with E-state index in [1.54, 1.807) is 0 Å². The molecule has 0 spiro atoms. The van der Waals surface area contributed by atoms with E-state index < -0.39 is 0 Å². The average molecular weight is 129 g/mol. The van der Waals surface area contributed by atoms with Gasteiger partial charge in [-0.3, -0.25) is 0 Å². The lowest BCUT2D eigenvalue weighted by Gasteiger charge is -1.81. The second kappa shape index (κ2) is 6.09. The van der Waals surface area contributed by atoms with Crippen molar-refractivity contribution in [1.29, 1.82) is 0 Å². The Morgan fingerprint density at radius 3 is 1.11 bits per heavy atom. The Labute approximate surface area is 58.6 Å². The number of hydrogen-bond acceptors (Lipinski definition) is 1. The van der Waals surface area contributed by atoms with Crippen LogP contribution in [0, 0.1) is 0 Å². The van der Waals surface area contributed by atoms with Gasteiger partial charge in [-0.25, -0.2) is 0 Å². The molecule has 0 amide bonds. The lowest BCUT2D eigenvalue weighted by atomic mass is 10.4. The van der Waals surface area contributed by atoms with Gasteiger partial charge in [0.2, 0.25) is 0 Å². The van der Waals surface area contributed by atoms with E-state index in [4.69, 9.17) is 5.73 Å². The summed E-state index contributed by atoms with van der Waals surface area (Å²) in [6, 6.07) is 0.333. The van der Waals surface area contributed by atoms with Gasteiger partial charge in [0.25, 0.3) is 0 Å². The summed E-state index contributed by atoms with van der Waals surface area (Å²) in [6.45, 7) is 3.89. The van der Waals surface area contributed by atoms with E-state index in [0.29, 0.717) is 6.04 Å². The molecule has 1 aliphatic rings. The molecule has 0 unspecified atom stereocenters. The van der Waals surface area contributed by atoms with Crippen LogP contribution < -0.4 is 5.73 Å². The van der Waals surface area contributed by atoms with Gasteiger partial charge in [0.05, 0.1) is 0 Å². The van der Waals surface area contributed by atoms with E-state index in [-0.39, 0.29) is 0 Å². The first kappa shape index (κ1) is 8.96. The molecule has 1 heteroatoms. The van der Waals surface area contributed by atoms with E-state index in [1.807, 2.05) is 13.8 Å². The van der Waals surface area contributed by atoms with E-state index in [2.05, 4.69) is 0 Å². The van der Waals surface area contributed by atoms with Crippen LogP contribution in [0.15, 0.2) is 0 Å². The summed E-state index contributed by atoms with van der Waals surface area (Å²) in [6.07, 6.45) is 7.50. The maximum absolute atomic E-state index is 5.11. The van der Waals surface area contributed by atoms with Crippen LogP contribution in [0.1, 0.15) is 46.0 Å². The van der Waals surface area contributed by atoms with Crippen molar-refractivity contribution in [2.45, 2.75) is 52.0 Å². The van der Waals surface area contributed by atoms with E-state index >= 15 is 0 Å². The summed E-state index contributed by atoms with van der Waals surface area (Å²) in [7, 11) is 0. The maximum atomic E-state index is 5.11. The molecular formula is C8H19N. The molecule has 0 heterocycles. The van der Waals surface area contributed by atoms with Crippen molar-refractivity contribution in [1.82, 2.24) is 0 Å². The Bertz CT molecular complexity index is 36.2. The zero-order valence-electron chi connectivity index (χ0n) is 6.69. The maximum Gasteiger partial charge on any atom is -0.00179 e. The van der Waals surface area contributed by atoms with Crippen LogP contribution in [-0.2, 0) is 0 Å². The largest absolute Gasteiger partial charge is 0.328 e. The summed E-state index contributed by atoms with van der Waals surface area (Å²) < 4.78 is 0. The lowest BCUT2D eigenvalue weighted by molar-refractivity contribution is 0.834. The Balaban J connectivity index is 0.000000148. The Morgan fingerprint density at radius 1 is 0.889 bits per heavy atom. The minimum absolute atomic E-state index is 0.333. The van der Waals surface area contributed by atoms with Crippen LogP contribution >= 0.6 is 0 Å². The second-order valence-electron chi connectivity index (χ2n) is 3.01. The molecule has 0 saturated heterocycles. The fourth-order valence-corrected chi connectivity index (χ4v) is 0.884. The summed E-state index contributed by atoms with van der Waals surface area (Å²) in [5.74, 6) is 0. The Morgan fingerprint density at radius 2 is 1.00 bits per heavy atom. The van der Waals surface area contributed by atoms with Crippen LogP contribution in [0.25, 0.3) is 0 Å². The smallest absolute Gasteiger partial charge is 0.00179 e. The van der Waals surface area contributed by atoms with Crippen molar-refractivity contribution in [2.24, 2.45) is 5.73 Å². The average Bonchev–Trinajstić information content (AvgIpc) is 2.11. The third kappa shape index (κ3) is 11.5. The molecule has 9 heavy (non-hydrogen) atoms. The Kier molecular flexibility index (Phi) is 6.06. The normalized spacial score (nSPS) is 17.3. The summed E-state index contributed by atoms with van der Waals surface area (Å²) in [5, 5.41) is 0. The Hall–Kier alpha value is -0.0400. The van der Waals surface area contributed by atoms with Crippen molar-refractivity contribution in [3.05, 3.63) is 0 Å². The number of rotatable bonds is 0. The first-order valence-corrected chi connectivity index (χ1v) is 3.99. The predicted octanol–water partition coefficient (Wildman–Crippen LogP) is 2.30. The van der Waals surface area contributed by atoms with Crippen LogP contribution in [0.2, 0.25) is 0 Å². The molecule has 1 rings (SSSR count). The first-order valence-electron chi connectivity index (χ1n) is 3.99. The molecule has 0 radical (unpaired) electrons. The van der Waals surface area contributed by atoms with Gasteiger partial charge in [0.1, 0.15) is 0 Å². The quantitative estimate of drug-likeness (QED) is 0.533. The van der Waals surface area contributed by atoms with Crippen LogP contribution in [0.5, 0.6) is 0 Å². The molecule has 0 aromatic heterocycles. The molecule has 1 saturated carbocycles. The van der Waals surface area contributed by atoms with Crippen molar-refractivity contribution < 1.29 is 0 Å². The topological polar surface area (TPSA) is 26.0 Å². The molecule has 0 bridgehead atoms. The zero-order valence-corrected chi connectivity index (χ0v) is 6.69. The minimum atomic E-state index is 0.333. The number of nitrogens with two attached hydrogens (primary N) is 1. The molecule has 2 N–H and O–H groups in total. The summed E-state index contributed by atoms with van der Waals surface area (Å²) in [4.78, 5) is 0. The van der Waals surface area contributed by atoms with E-state index in [1.165, 1.54) is 32.1 Å². The van der Waals surface area contributed by atoms with Crippen molar-refractivity contribution in [2.75, 3.05) is 0 Å². The third-order valence-electron chi connectivity index (χ3n) is 1.25. The first-order chi connectivity index (χ1) is 4.23. The summed E-state index contributed by atoms with van der Waals surface area (Å²) in [5.41, 5.74) is 5.11. The molecular weight excluding hydrogens is 110 g/mol. The van der Waals surface area contributed by atoms with Crippen LogP contribution in [-0.4, -0.2) is 6.04 Å². The van der Waals surface area contributed by atoms with Crippen LogP contribution in [0.3, 0.4) is 0 Å². The van der Waals surface area contributed by atoms with Gasteiger partial charge in [-0.1, -0.05) is 46.0 Å². The highest BCUT2D eigenvalue weighted by Gasteiger charge is 1.95. The van der Waals surface area contributed by atoms with Gasteiger partial charge < -0.3 is 5.73 Å².